The summed E-state index contributed by atoms with van der Waals surface area (Å²) in [5, 5.41) is 9.67. The summed E-state index contributed by atoms with van der Waals surface area (Å²) < 4.78 is 5.72. The van der Waals surface area contributed by atoms with E-state index in [1.165, 1.54) is 25.7 Å². The second-order valence-corrected chi connectivity index (χ2v) is 8.82. The summed E-state index contributed by atoms with van der Waals surface area (Å²) >= 11 is 0. The fourth-order valence-corrected chi connectivity index (χ4v) is 6.13. The number of hydrogen-bond acceptors (Lipinski definition) is 3. The first-order valence-corrected chi connectivity index (χ1v) is 9.45. The van der Waals surface area contributed by atoms with Crippen LogP contribution < -0.4 is 0 Å². The minimum absolute atomic E-state index is 0.0548. The van der Waals surface area contributed by atoms with E-state index in [1.54, 1.807) is 5.57 Å². The fourth-order valence-electron chi connectivity index (χ4n) is 6.13. The molecule has 4 bridgehead atoms. The maximum Gasteiger partial charge on any atom is 0.410 e. The number of aliphatic hydroxyl groups excluding tert-OH is 1. The van der Waals surface area contributed by atoms with Gasteiger partial charge in [0, 0.05) is 6.54 Å². The fraction of sp³-hybridized carbons (Fsp3) is 0.842. The Bertz CT molecular complexity index is 535. The Morgan fingerprint density at radius 3 is 2.65 bits per heavy atom. The molecule has 1 N–H and O–H groups in total. The molecule has 126 valence electrons. The van der Waals surface area contributed by atoms with Crippen LogP contribution in [-0.4, -0.2) is 41.4 Å². The maximum atomic E-state index is 12.4. The van der Waals surface area contributed by atoms with Gasteiger partial charge in [0.05, 0.1) is 12.6 Å². The first-order valence-electron chi connectivity index (χ1n) is 9.45. The monoisotopic (exact) mass is 317 g/mol. The van der Waals surface area contributed by atoms with E-state index in [1.807, 2.05) is 4.90 Å². The quantitative estimate of drug-likeness (QED) is 0.814. The van der Waals surface area contributed by atoms with E-state index < -0.39 is 0 Å². The molecule has 5 fully saturated rings. The molecule has 0 spiro atoms. The van der Waals surface area contributed by atoms with Crippen LogP contribution in [0.3, 0.4) is 0 Å². The summed E-state index contributed by atoms with van der Waals surface area (Å²) in [5.74, 6) is 2.11. The van der Waals surface area contributed by atoms with Crippen molar-refractivity contribution in [2.75, 3.05) is 13.1 Å². The van der Waals surface area contributed by atoms with Gasteiger partial charge in [0.1, 0.15) is 6.10 Å². The Morgan fingerprint density at radius 1 is 1.22 bits per heavy atom. The molecule has 1 saturated heterocycles. The van der Waals surface area contributed by atoms with E-state index in [2.05, 4.69) is 6.08 Å². The summed E-state index contributed by atoms with van der Waals surface area (Å²) in [7, 11) is 0. The van der Waals surface area contributed by atoms with Crippen molar-refractivity contribution < 1.29 is 14.6 Å². The molecule has 4 heteroatoms. The number of carbonyl (C=O) groups is 1. The van der Waals surface area contributed by atoms with E-state index in [0.29, 0.717) is 11.3 Å². The van der Waals surface area contributed by atoms with E-state index in [9.17, 15) is 9.90 Å². The van der Waals surface area contributed by atoms with Gasteiger partial charge in [-0.2, -0.15) is 0 Å². The number of ether oxygens (including phenoxy) is 1. The van der Waals surface area contributed by atoms with Crippen molar-refractivity contribution in [2.45, 2.75) is 63.6 Å². The number of allylic oxidation sites excluding steroid dienone is 2. The van der Waals surface area contributed by atoms with Crippen molar-refractivity contribution in [1.29, 1.82) is 0 Å². The van der Waals surface area contributed by atoms with Crippen molar-refractivity contribution in [3.8, 4) is 0 Å². The predicted octanol–water partition coefficient (Wildman–Crippen LogP) is 3.10. The van der Waals surface area contributed by atoms with Crippen LogP contribution in [0.4, 0.5) is 4.79 Å². The zero-order valence-corrected chi connectivity index (χ0v) is 13.7. The number of rotatable bonds is 3. The smallest absolute Gasteiger partial charge is 0.410 e. The first kappa shape index (κ1) is 14.3. The number of cyclic esters (lactones) is 1. The van der Waals surface area contributed by atoms with Crippen LogP contribution in [0.5, 0.6) is 0 Å². The van der Waals surface area contributed by atoms with Gasteiger partial charge in [0.15, 0.2) is 0 Å². The highest BCUT2D eigenvalue weighted by Crippen LogP contribution is 2.62. The van der Waals surface area contributed by atoms with Crippen molar-refractivity contribution in [1.82, 2.24) is 4.90 Å². The minimum Gasteiger partial charge on any atom is -0.444 e. The summed E-state index contributed by atoms with van der Waals surface area (Å²) in [6, 6.07) is 0. The molecule has 4 saturated carbocycles. The topological polar surface area (TPSA) is 49.8 Å². The lowest BCUT2D eigenvalue weighted by Gasteiger charge is -2.58. The number of hydrogen-bond donors (Lipinski definition) is 1. The van der Waals surface area contributed by atoms with E-state index in [4.69, 9.17) is 4.74 Å². The number of amides is 1. The van der Waals surface area contributed by atoms with Crippen LogP contribution in [-0.2, 0) is 4.74 Å². The standard InChI is InChI=1S/C19H27NO3/c21-15-3-1-12(2-4-15)17-10-20(18(22)23-17)11-19-6-5-16-13(8-19)7-14(16)9-19/h5,12-15,17,21H,1-4,6-11H2/t12-,13?,14?,15+,17?,19?. The third-order valence-corrected chi connectivity index (χ3v) is 7.35. The average Bonchev–Trinajstić information content (AvgIpc) is 2.88. The minimum atomic E-state index is -0.143. The highest BCUT2D eigenvalue weighted by Gasteiger charge is 2.54. The molecule has 23 heavy (non-hydrogen) atoms. The average molecular weight is 317 g/mol. The molecule has 6 aliphatic carbocycles. The van der Waals surface area contributed by atoms with Crippen molar-refractivity contribution >= 4 is 6.09 Å². The highest BCUT2D eigenvalue weighted by atomic mass is 16.6. The lowest BCUT2D eigenvalue weighted by Crippen LogP contribution is -2.52. The van der Waals surface area contributed by atoms with Crippen LogP contribution in [0.15, 0.2) is 11.6 Å². The van der Waals surface area contributed by atoms with Crippen LogP contribution in [0.1, 0.15) is 51.4 Å². The molecule has 1 aliphatic heterocycles. The number of aliphatic hydroxyl groups is 1. The lowest BCUT2D eigenvalue weighted by molar-refractivity contribution is 0.0178. The zero-order valence-electron chi connectivity index (χ0n) is 13.7. The van der Waals surface area contributed by atoms with Gasteiger partial charge in [-0.25, -0.2) is 4.79 Å². The van der Waals surface area contributed by atoms with E-state index in [0.717, 1.165) is 50.6 Å². The molecule has 7 aliphatic rings. The maximum absolute atomic E-state index is 12.4. The Hall–Kier alpha value is -1.03. The van der Waals surface area contributed by atoms with Crippen LogP contribution in [0.2, 0.25) is 0 Å². The molecule has 7 rings (SSSR count). The summed E-state index contributed by atoms with van der Waals surface area (Å²) in [4.78, 5) is 14.4. The highest BCUT2D eigenvalue weighted by molar-refractivity contribution is 5.70. The second kappa shape index (κ2) is 4.98. The van der Waals surface area contributed by atoms with Gasteiger partial charge in [-0.1, -0.05) is 11.6 Å². The molecule has 3 unspecified atom stereocenters. The molecular formula is C19H27NO3. The van der Waals surface area contributed by atoms with Gasteiger partial charge in [0.25, 0.3) is 0 Å². The van der Waals surface area contributed by atoms with E-state index in [-0.39, 0.29) is 18.3 Å². The summed E-state index contributed by atoms with van der Waals surface area (Å²) in [6.07, 6.45) is 11.2. The van der Waals surface area contributed by atoms with Crippen molar-refractivity contribution in [3.63, 3.8) is 0 Å². The van der Waals surface area contributed by atoms with Gasteiger partial charge in [-0.3, -0.25) is 0 Å². The molecule has 4 nitrogen and oxygen atoms in total. The van der Waals surface area contributed by atoms with Gasteiger partial charge >= 0.3 is 6.09 Å². The van der Waals surface area contributed by atoms with Crippen LogP contribution >= 0.6 is 0 Å². The Balaban J connectivity index is 1.24. The zero-order chi connectivity index (χ0) is 15.6. The SMILES string of the molecule is O=C1OC([C@H]2CC[C@@H](O)CC2)CN1CC12CC=C3C(CC3C1)C2. The Labute approximate surface area is 137 Å². The van der Waals surface area contributed by atoms with Crippen molar-refractivity contribution in [2.24, 2.45) is 23.2 Å². The molecule has 0 radical (unpaired) electrons. The van der Waals surface area contributed by atoms with Crippen LogP contribution in [0, 0.1) is 23.2 Å². The molecule has 0 aromatic carbocycles. The lowest BCUT2D eigenvalue weighted by atomic mass is 9.48. The van der Waals surface area contributed by atoms with Gasteiger partial charge in [0.2, 0.25) is 0 Å². The Morgan fingerprint density at radius 2 is 1.96 bits per heavy atom. The summed E-state index contributed by atoms with van der Waals surface area (Å²) in [5.41, 5.74) is 2.07. The molecular weight excluding hydrogens is 290 g/mol. The third kappa shape index (κ3) is 2.25. The number of nitrogens with zero attached hydrogens (tertiary/aromatic N) is 1. The Kier molecular flexibility index (Phi) is 3.10. The van der Waals surface area contributed by atoms with Crippen molar-refractivity contribution in [3.05, 3.63) is 11.6 Å². The molecule has 1 amide bonds. The molecule has 3 atom stereocenters. The van der Waals surface area contributed by atoms with E-state index >= 15 is 0 Å². The normalized spacial score (nSPS) is 48.0. The third-order valence-electron chi connectivity index (χ3n) is 7.35. The molecule has 0 aromatic rings. The number of carbonyl (C=O) groups excluding carboxylic acids is 1. The van der Waals surface area contributed by atoms with Gasteiger partial charge < -0.3 is 14.7 Å². The largest absolute Gasteiger partial charge is 0.444 e. The van der Waals surface area contributed by atoms with Crippen LogP contribution in [0.25, 0.3) is 0 Å². The first-order chi connectivity index (χ1) is 11.1. The van der Waals surface area contributed by atoms with Gasteiger partial charge in [-0.05, 0) is 74.5 Å². The predicted molar refractivity (Wildman–Crippen MR) is 85.8 cm³/mol. The molecule has 1 heterocycles. The second-order valence-electron chi connectivity index (χ2n) is 8.82. The molecule has 0 aromatic heterocycles. The van der Waals surface area contributed by atoms with Gasteiger partial charge in [-0.15, -0.1) is 0 Å². The summed E-state index contributed by atoms with van der Waals surface area (Å²) in [6.45, 7) is 1.67. The number of fused-ring (bicyclic) bond motifs is 1.